The standard InChI is InChI=1S/C22H27F3N2O4/c23-22(24,25)16-5-3-4-15(14-16)19(30)26-17(6-7-18(28)29)20(31)27-12-10-21(11-13-27)8-1-2-9-21/h3-5,14,17H,1-2,6-13H2,(H,26,30)(H,28,29)/t17-/m1/s1. The Morgan fingerprint density at radius 3 is 2.32 bits per heavy atom. The second-order valence-electron chi connectivity index (χ2n) is 8.57. The van der Waals surface area contributed by atoms with Gasteiger partial charge in [0.15, 0.2) is 0 Å². The van der Waals surface area contributed by atoms with Crippen LogP contribution in [-0.4, -0.2) is 46.9 Å². The molecule has 2 amide bonds. The minimum Gasteiger partial charge on any atom is -0.481 e. The Bertz CT molecular complexity index is 824. The first-order valence-electron chi connectivity index (χ1n) is 10.6. The number of hydrogen-bond donors (Lipinski definition) is 2. The van der Waals surface area contributed by atoms with Crippen LogP contribution in [0.5, 0.6) is 0 Å². The molecule has 1 spiro atoms. The monoisotopic (exact) mass is 440 g/mol. The lowest BCUT2D eigenvalue weighted by atomic mass is 9.77. The molecule has 0 aromatic heterocycles. The summed E-state index contributed by atoms with van der Waals surface area (Å²) in [6.07, 6.45) is 1.41. The number of carboxylic acids is 1. The van der Waals surface area contributed by atoms with Crippen molar-refractivity contribution in [2.75, 3.05) is 13.1 Å². The molecule has 3 rings (SSSR count). The van der Waals surface area contributed by atoms with E-state index in [2.05, 4.69) is 5.32 Å². The summed E-state index contributed by atoms with van der Waals surface area (Å²) in [4.78, 5) is 38.3. The number of nitrogens with zero attached hydrogens (tertiary/aromatic N) is 1. The number of carbonyl (C=O) groups excluding carboxylic acids is 2. The number of halogens is 3. The molecule has 1 aromatic carbocycles. The minimum atomic E-state index is -4.60. The topological polar surface area (TPSA) is 86.7 Å². The van der Waals surface area contributed by atoms with Gasteiger partial charge in [0, 0.05) is 25.1 Å². The maximum atomic E-state index is 13.0. The molecule has 1 atom stereocenters. The van der Waals surface area contributed by atoms with Gasteiger partial charge >= 0.3 is 12.1 Å². The lowest BCUT2D eigenvalue weighted by Gasteiger charge is -2.40. The van der Waals surface area contributed by atoms with Crippen molar-refractivity contribution in [2.45, 2.75) is 63.6 Å². The highest BCUT2D eigenvalue weighted by Gasteiger charge is 2.39. The first kappa shape index (κ1) is 23.1. The molecule has 6 nitrogen and oxygen atoms in total. The zero-order valence-corrected chi connectivity index (χ0v) is 17.2. The summed E-state index contributed by atoms with van der Waals surface area (Å²) < 4.78 is 38.8. The van der Waals surface area contributed by atoms with Crippen LogP contribution >= 0.6 is 0 Å². The van der Waals surface area contributed by atoms with Crippen LogP contribution in [0.2, 0.25) is 0 Å². The number of aliphatic carboxylic acids is 1. The van der Waals surface area contributed by atoms with E-state index in [-0.39, 0.29) is 29.7 Å². The van der Waals surface area contributed by atoms with Gasteiger partial charge in [-0.2, -0.15) is 13.2 Å². The molecule has 2 N–H and O–H groups in total. The first-order valence-corrected chi connectivity index (χ1v) is 10.6. The summed E-state index contributed by atoms with van der Waals surface area (Å²) in [5.41, 5.74) is -0.910. The van der Waals surface area contributed by atoms with Crippen molar-refractivity contribution in [1.82, 2.24) is 10.2 Å². The predicted octanol–water partition coefficient (Wildman–Crippen LogP) is 3.85. The zero-order chi connectivity index (χ0) is 22.6. The normalized spacial score (nSPS) is 19.3. The molecule has 0 bridgehead atoms. The highest BCUT2D eigenvalue weighted by molar-refractivity contribution is 5.97. The Morgan fingerprint density at radius 2 is 1.74 bits per heavy atom. The molecular formula is C22H27F3N2O4. The van der Waals surface area contributed by atoms with E-state index in [1.165, 1.54) is 18.9 Å². The molecular weight excluding hydrogens is 413 g/mol. The summed E-state index contributed by atoms with van der Waals surface area (Å²) in [5, 5.41) is 11.5. The van der Waals surface area contributed by atoms with E-state index in [1.807, 2.05) is 0 Å². The van der Waals surface area contributed by atoms with Crippen molar-refractivity contribution >= 4 is 17.8 Å². The van der Waals surface area contributed by atoms with Gasteiger partial charge in [0.05, 0.1) is 5.56 Å². The Kier molecular flexibility index (Phi) is 6.91. The highest BCUT2D eigenvalue weighted by atomic mass is 19.4. The van der Waals surface area contributed by atoms with Gasteiger partial charge in [0.25, 0.3) is 5.91 Å². The number of benzene rings is 1. The summed E-state index contributed by atoms with van der Waals surface area (Å²) >= 11 is 0. The van der Waals surface area contributed by atoms with Gasteiger partial charge in [-0.1, -0.05) is 18.9 Å². The third-order valence-electron chi connectivity index (χ3n) is 6.50. The third-order valence-corrected chi connectivity index (χ3v) is 6.50. The van der Waals surface area contributed by atoms with Crippen LogP contribution in [0.3, 0.4) is 0 Å². The Hall–Kier alpha value is -2.58. The molecule has 0 radical (unpaired) electrons. The van der Waals surface area contributed by atoms with Crippen molar-refractivity contribution in [2.24, 2.45) is 5.41 Å². The minimum absolute atomic E-state index is 0.124. The number of alkyl halides is 3. The molecule has 9 heteroatoms. The van der Waals surface area contributed by atoms with Gasteiger partial charge in [0.2, 0.25) is 5.91 Å². The lowest BCUT2D eigenvalue weighted by molar-refractivity contribution is -0.139. The molecule has 1 saturated carbocycles. The lowest BCUT2D eigenvalue weighted by Crippen LogP contribution is -2.52. The predicted molar refractivity (Wildman–Crippen MR) is 106 cm³/mol. The Balaban J connectivity index is 1.69. The van der Waals surface area contributed by atoms with Crippen molar-refractivity contribution in [3.8, 4) is 0 Å². The van der Waals surface area contributed by atoms with Crippen LogP contribution in [0.4, 0.5) is 13.2 Å². The first-order chi connectivity index (χ1) is 14.6. The SMILES string of the molecule is O=C(O)CC[C@@H](NC(=O)c1cccc(C(F)(F)F)c1)C(=O)N1CCC2(CCCC2)CC1. The molecule has 31 heavy (non-hydrogen) atoms. The van der Waals surface area contributed by atoms with Gasteiger partial charge in [-0.3, -0.25) is 14.4 Å². The van der Waals surface area contributed by atoms with E-state index in [4.69, 9.17) is 5.11 Å². The number of carbonyl (C=O) groups is 3. The summed E-state index contributed by atoms with van der Waals surface area (Å²) in [6.45, 7) is 1.09. The van der Waals surface area contributed by atoms with Crippen molar-refractivity contribution in [3.05, 3.63) is 35.4 Å². The van der Waals surface area contributed by atoms with Crippen LogP contribution in [-0.2, 0) is 15.8 Å². The smallest absolute Gasteiger partial charge is 0.416 e. The van der Waals surface area contributed by atoms with Crippen LogP contribution in [0, 0.1) is 5.41 Å². The highest BCUT2D eigenvalue weighted by Crippen LogP contribution is 2.46. The van der Waals surface area contributed by atoms with Crippen molar-refractivity contribution in [3.63, 3.8) is 0 Å². The van der Waals surface area contributed by atoms with Gasteiger partial charge in [0.1, 0.15) is 6.04 Å². The summed E-state index contributed by atoms with van der Waals surface area (Å²) in [7, 11) is 0. The van der Waals surface area contributed by atoms with E-state index in [9.17, 15) is 27.6 Å². The maximum absolute atomic E-state index is 13.0. The average molecular weight is 440 g/mol. The number of rotatable bonds is 6. The number of carboxylic acid groups (broad SMARTS) is 1. The molecule has 1 heterocycles. The molecule has 1 saturated heterocycles. The Labute approximate surface area is 178 Å². The van der Waals surface area contributed by atoms with Gasteiger partial charge < -0.3 is 15.3 Å². The van der Waals surface area contributed by atoms with E-state index >= 15 is 0 Å². The van der Waals surface area contributed by atoms with Crippen LogP contribution < -0.4 is 5.32 Å². The fraction of sp³-hybridized carbons (Fsp3) is 0.591. The average Bonchev–Trinajstić information content (AvgIpc) is 3.18. The largest absolute Gasteiger partial charge is 0.481 e. The number of amides is 2. The second kappa shape index (κ2) is 9.28. The van der Waals surface area contributed by atoms with Crippen molar-refractivity contribution < 1.29 is 32.7 Å². The molecule has 2 aliphatic rings. The molecule has 1 aromatic rings. The maximum Gasteiger partial charge on any atom is 0.416 e. The molecule has 1 aliphatic heterocycles. The number of piperidine rings is 1. The zero-order valence-electron chi connectivity index (χ0n) is 17.2. The van der Waals surface area contributed by atoms with Gasteiger partial charge in [-0.25, -0.2) is 0 Å². The van der Waals surface area contributed by atoms with Crippen LogP contribution in [0.15, 0.2) is 24.3 Å². The summed E-state index contributed by atoms with van der Waals surface area (Å²) in [6, 6.07) is 2.83. The molecule has 170 valence electrons. The number of nitrogens with one attached hydrogen (secondary N) is 1. The number of hydrogen-bond acceptors (Lipinski definition) is 3. The van der Waals surface area contributed by atoms with E-state index in [1.54, 1.807) is 4.90 Å². The second-order valence-corrected chi connectivity index (χ2v) is 8.57. The van der Waals surface area contributed by atoms with E-state index in [0.29, 0.717) is 13.1 Å². The third kappa shape index (κ3) is 5.77. The Morgan fingerprint density at radius 1 is 1.10 bits per heavy atom. The van der Waals surface area contributed by atoms with E-state index < -0.39 is 29.7 Å². The van der Waals surface area contributed by atoms with E-state index in [0.717, 1.165) is 43.9 Å². The summed E-state index contributed by atoms with van der Waals surface area (Å²) in [5.74, 6) is -2.33. The quantitative estimate of drug-likeness (QED) is 0.704. The molecule has 1 aliphatic carbocycles. The van der Waals surface area contributed by atoms with Crippen LogP contribution in [0.1, 0.15) is 67.3 Å². The van der Waals surface area contributed by atoms with Crippen LogP contribution in [0.25, 0.3) is 0 Å². The molecule has 2 fully saturated rings. The molecule has 0 unspecified atom stereocenters. The van der Waals surface area contributed by atoms with Crippen molar-refractivity contribution in [1.29, 1.82) is 0 Å². The number of likely N-dealkylation sites (tertiary alicyclic amines) is 1. The van der Waals surface area contributed by atoms with Gasteiger partial charge in [-0.05, 0) is 55.7 Å². The fourth-order valence-corrected chi connectivity index (χ4v) is 4.65. The van der Waals surface area contributed by atoms with Gasteiger partial charge in [-0.15, -0.1) is 0 Å². The fourth-order valence-electron chi connectivity index (χ4n) is 4.65.